The maximum atomic E-state index is 16.2. The van der Waals surface area contributed by atoms with Crippen molar-refractivity contribution in [3.8, 4) is 23.0 Å². The lowest BCUT2D eigenvalue weighted by Gasteiger charge is -2.39. The van der Waals surface area contributed by atoms with Crippen LogP contribution in [0.2, 0.25) is 0 Å². The molecular formula is C42H28N2O9. The molecule has 5 aromatic rings. The van der Waals surface area contributed by atoms with E-state index < -0.39 is 39.4 Å². The molecular weight excluding hydrogens is 676 g/mol. The number of aryl methyl sites for hydroxylation is 1. The Morgan fingerprint density at radius 1 is 0.623 bits per heavy atom. The zero-order valence-electron chi connectivity index (χ0n) is 28.1. The summed E-state index contributed by atoms with van der Waals surface area (Å²) in [5, 5.41) is 12.5. The van der Waals surface area contributed by atoms with E-state index in [-0.39, 0.29) is 30.7 Å². The van der Waals surface area contributed by atoms with Gasteiger partial charge in [-0.2, -0.15) is 0 Å². The van der Waals surface area contributed by atoms with Crippen molar-refractivity contribution < 1.29 is 38.3 Å². The van der Waals surface area contributed by atoms with Crippen LogP contribution in [0, 0.1) is 28.9 Å². The van der Waals surface area contributed by atoms with Crippen LogP contribution in [0.3, 0.4) is 0 Å². The zero-order valence-corrected chi connectivity index (χ0v) is 28.1. The van der Waals surface area contributed by atoms with Crippen LogP contribution < -0.4 is 23.8 Å². The van der Waals surface area contributed by atoms with Crippen molar-refractivity contribution >= 4 is 40.1 Å². The van der Waals surface area contributed by atoms with Crippen molar-refractivity contribution in [1.82, 2.24) is 0 Å². The summed E-state index contributed by atoms with van der Waals surface area (Å²) in [7, 11) is 0. The molecule has 3 aliphatic heterocycles. The van der Waals surface area contributed by atoms with E-state index in [1.807, 2.05) is 24.3 Å². The topological polar surface area (TPSA) is 135 Å². The van der Waals surface area contributed by atoms with Gasteiger partial charge >= 0.3 is 0 Å². The molecule has 2 aliphatic carbocycles. The summed E-state index contributed by atoms with van der Waals surface area (Å²) in [6.07, 6.45) is 0. The second-order valence-corrected chi connectivity index (χ2v) is 13.8. The Kier molecular flexibility index (Phi) is 6.37. The number of ether oxygens (including phenoxy) is 4. The van der Waals surface area contributed by atoms with Crippen LogP contribution in [0.25, 0.3) is 11.1 Å². The molecule has 260 valence electrons. The molecule has 1 saturated carbocycles. The number of carbonyl (C=O) groups is 3. The zero-order chi connectivity index (χ0) is 36.2. The fourth-order valence-electron chi connectivity index (χ4n) is 9.43. The summed E-state index contributed by atoms with van der Waals surface area (Å²) >= 11 is 0. The third-order valence-corrected chi connectivity index (χ3v) is 11.3. The molecule has 0 radical (unpaired) electrons. The van der Waals surface area contributed by atoms with E-state index in [2.05, 4.69) is 0 Å². The van der Waals surface area contributed by atoms with E-state index in [1.165, 1.54) is 12.1 Å². The summed E-state index contributed by atoms with van der Waals surface area (Å²) in [5.74, 6) is -2.27. The predicted octanol–water partition coefficient (Wildman–Crippen LogP) is 6.55. The molecule has 1 saturated heterocycles. The Morgan fingerprint density at radius 2 is 1.09 bits per heavy atom. The molecule has 2 bridgehead atoms. The van der Waals surface area contributed by atoms with E-state index in [4.69, 9.17) is 18.9 Å². The molecule has 3 heterocycles. The van der Waals surface area contributed by atoms with Crippen LogP contribution in [0.15, 0.2) is 115 Å². The van der Waals surface area contributed by atoms with E-state index in [1.54, 1.807) is 85.8 Å². The number of hydrogen-bond donors (Lipinski definition) is 0. The van der Waals surface area contributed by atoms with Gasteiger partial charge in [-0.3, -0.25) is 24.5 Å². The summed E-state index contributed by atoms with van der Waals surface area (Å²) in [5.41, 5.74) is -0.130. The van der Waals surface area contributed by atoms with Gasteiger partial charge in [0.25, 0.3) is 5.69 Å². The van der Waals surface area contributed by atoms with Gasteiger partial charge < -0.3 is 18.9 Å². The number of nitro benzene ring substituents is 1. The lowest BCUT2D eigenvalue weighted by Crippen LogP contribution is -2.45. The number of rotatable bonds is 6. The number of Topliss-reactive ketones (excluding diaryl/α,β-unsaturated/α-hetero) is 1. The van der Waals surface area contributed by atoms with Gasteiger partial charge in [-0.25, -0.2) is 4.90 Å². The average Bonchev–Trinajstić information content (AvgIpc) is 3.98. The number of allylic oxidation sites excluding steroid dienone is 2. The molecule has 10 rings (SSSR count). The van der Waals surface area contributed by atoms with Crippen LogP contribution in [-0.2, 0) is 25.2 Å². The summed E-state index contributed by atoms with van der Waals surface area (Å²) in [4.78, 5) is 59.7. The largest absolute Gasteiger partial charge is 0.454 e. The Morgan fingerprint density at radius 3 is 1.57 bits per heavy atom. The van der Waals surface area contributed by atoms with Gasteiger partial charge in [0.2, 0.25) is 25.4 Å². The third kappa shape index (κ3) is 3.85. The lowest BCUT2D eigenvalue weighted by molar-refractivity contribution is -0.384. The molecule has 4 atom stereocenters. The number of amides is 2. The third-order valence-electron chi connectivity index (χ3n) is 11.3. The predicted molar refractivity (Wildman–Crippen MR) is 190 cm³/mol. The van der Waals surface area contributed by atoms with Gasteiger partial charge in [0.15, 0.2) is 28.8 Å². The number of benzene rings is 5. The molecule has 0 unspecified atom stereocenters. The van der Waals surface area contributed by atoms with Crippen LogP contribution in [0.1, 0.15) is 27.8 Å². The fraction of sp³-hybridized carbons (Fsp3) is 0.167. The number of carbonyl (C=O) groups excluding carboxylic acids is 3. The number of nitro groups is 1. The highest BCUT2D eigenvalue weighted by Crippen LogP contribution is 2.75. The van der Waals surface area contributed by atoms with Crippen molar-refractivity contribution in [3.05, 3.63) is 153 Å². The first-order valence-electron chi connectivity index (χ1n) is 17.1. The molecule has 2 fully saturated rings. The van der Waals surface area contributed by atoms with Crippen molar-refractivity contribution in [1.29, 1.82) is 0 Å². The standard InChI is InChI=1S/C42H28N2O9/c1-23-12-15-28(29(18-23)44(48)49)43-38(45)36-37(39(43)46)42(27-10-6-3-7-11-27)35(25-14-17-31-33(20-25)53-22-51-31)34(24-13-16-30-32(19-24)52-21-50-30)41(36,40(42)47)26-8-4-2-5-9-26/h2-20,36-37H,21-22H2,1H3/t36-,37+,41-,42-/m0/s1. The smallest absolute Gasteiger partial charge is 0.293 e. The highest BCUT2D eigenvalue weighted by atomic mass is 16.7. The van der Waals surface area contributed by atoms with E-state index in [9.17, 15) is 10.1 Å². The SMILES string of the molecule is Cc1ccc(N2C(=O)[C@@H]3[C@H](C2=O)[C@@]2(c4ccccc4)C(=O)[C@@]3(c3ccccc3)C(c3ccc4c(c3)OCO4)=C2c2ccc3c(c2)OCO3)c([N+](=O)[O-])c1. The van der Waals surface area contributed by atoms with Crippen LogP contribution in [-0.4, -0.2) is 36.1 Å². The number of fused-ring (bicyclic) bond motifs is 7. The molecule has 5 aromatic carbocycles. The number of anilines is 1. The quantitative estimate of drug-likeness (QED) is 0.110. The summed E-state index contributed by atoms with van der Waals surface area (Å²) in [6.45, 7) is 1.74. The van der Waals surface area contributed by atoms with Gasteiger partial charge in [-0.15, -0.1) is 0 Å². The molecule has 0 N–H and O–H groups in total. The highest BCUT2D eigenvalue weighted by molar-refractivity contribution is 6.39. The number of hydrogen-bond acceptors (Lipinski definition) is 9. The van der Waals surface area contributed by atoms with Crippen molar-refractivity contribution in [2.45, 2.75) is 17.8 Å². The van der Waals surface area contributed by atoms with Gasteiger partial charge in [0.1, 0.15) is 5.69 Å². The number of nitrogens with zero attached hydrogens (tertiary/aromatic N) is 2. The molecule has 5 aliphatic rings. The lowest BCUT2D eigenvalue weighted by atomic mass is 9.59. The number of imide groups is 1. The first-order chi connectivity index (χ1) is 25.8. The average molecular weight is 705 g/mol. The molecule has 11 heteroatoms. The maximum Gasteiger partial charge on any atom is 0.293 e. The minimum Gasteiger partial charge on any atom is -0.454 e. The summed E-state index contributed by atoms with van der Waals surface area (Å²) < 4.78 is 23.0. The van der Waals surface area contributed by atoms with Crippen molar-refractivity contribution in [2.24, 2.45) is 11.8 Å². The molecule has 0 aromatic heterocycles. The molecule has 11 nitrogen and oxygen atoms in total. The maximum absolute atomic E-state index is 16.2. The second kappa shape index (κ2) is 10.9. The Balaban J connectivity index is 1.36. The van der Waals surface area contributed by atoms with Crippen molar-refractivity contribution in [3.63, 3.8) is 0 Å². The van der Waals surface area contributed by atoms with Gasteiger partial charge in [-0.05, 0) is 76.2 Å². The highest BCUT2D eigenvalue weighted by Gasteiger charge is 2.83. The molecule has 0 spiro atoms. The first-order valence-corrected chi connectivity index (χ1v) is 17.1. The molecule has 2 amide bonds. The Hall–Kier alpha value is -6.75. The van der Waals surface area contributed by atoms with Crippen LogP contribution in [0.4, 0.5) is 11.4 Å². The van der Waals surface area contributed by atoms with Crippen LogP contribution in [0.5, 0.6) is 23.0 Å². The monoisotopic (exact) mass is 704 g/mol. The minimum atomic E-state index is -1.73. The van der Waals surface area contributed by atoms with E-state index in [0.717, 1.165) is 4.90 Å². The second-order valence-electron chi connectivity index (χ2n) is 13.8. The van der Waals surface area contributed by atoms with Gasteiger partial charge in [0.05, 0.1) is 27.6 Å². The number of ketones is 1. The fourth-order valence-corrected chi connectivity index (χ4v) is 9.43. The van der Waals surface area contributed by atoms with E-state index >= 15 is 14.4 Å². The minimum absolute atomic E-state index is 0.0194. The van der Waals surface area contributed by atoms with Crippen LogP contribution >= 0.6 is 0 Å². The Bertz CT molecular complexity index is 2360. The first kappa shape index (κ1) is 31.0. The van der Waals surface area contributed by atoms with E-state index in [0.29, 0.717) is 62.0 Å². The van der Waals surface area contributed by atoms with Gasteiger partial charge in [0, 0.05) is 6.07 Å². The summed E-state index contributed by atoms with van der Waals surface area (Å²) in [6, 6.07) is 33.3. The normalized spacial score (nSPS) is 24.7. The van der Waals surface area contributed by atoms with Gasteiger partial charge in [-0.1, -0.05) is 78.9 Å². The molecule has 53 heavy (non-hydrogen) atoms. The van der Waals surface area contributed by atoms with Crippen molar-refractivity contribution in [2.75, 3.05) is 18.5 Å². The Labute approximate surface area is 302 Å².